The minimum Gasteiger partial charge on any atom is -0.493 e. The second-order valence-corrected chi connectivity index (χ2v) is 9.00. The monoisotopic (exact) mass is 507 g/mol. The van der Waals surface area contributed by atoms with Gasteiger partial charge >= 0.3 is 0 Å². The van der Waals surface area contributed by atoms with Gasteiger partial charge in [0.05, 0.1) is 23.9 Å². The molecule has 0 fully saturated rings. The summed E-state index contributed by atoms with van der Waals surface area (Å²) in [6, 6.07) is 19.4. The molecule has 3 aromatic carbocycles. The van der Waals surface area contributed by atoms with Crippen LogP contribution < -0.4 is 20.2 Å². The maximum absolute atomic E-state index is 12.7. The fourth-order valence-corrected chi connectivity index (χ4v) is 3.59. The van der Waals surface area contributed by atoms with E-state index < -0.39 is 17.9 Å². The number of carbonyl (C=O) groups is 2. The SMILES string of the molecule is COc1cc(/C=N\NC(=O)C(NC(=O)c2ccccc2Cl)C(C)C)ccc1OCc1ccc(C)cc1. The summed E-state index contributed by atoms with van der Waals surface area (Å²) in [6.45, 7) is 6.12. The number of benzene rings is 3. The molecule has 8 heteroatoms. The van der Waals surface area contributed by atoms with E-state index in [4.69, 9.17) is 21.1 Å². The Morgan fingerprint density at radius 1 is 1.03 bits per heavy atom. The summed E-state index contributed by atoms with van der Waals surface area (Å²) >= 11 is 6.10. The van der Waals surface area contributed by atoms with Crippen LogP contribution >= 0.6 is 11.6 Å². The Hall–Kier alpha value is -3.84. The maximum Gasteiger partial charge on any atom is 0.262 e. The summed E-state index contributed by atoms with van der Waals surface area (Å²) in [7, 11) is 1.56. The molecule has 0 bridgehead atoms. The molecule has 0 aliphatic heterocycles. The second-order valence-electron chi connectivity index (χ2n) is 8.59. The molecule has 0 aliphatic carbocycles. The first-order valence-electron chi connectivity index (χ1n) is 11.5. The predicted molar refractivity (Wildman–Crippen MR) is 142 cm³/mol. The molecule has 0 radical (unpaired) electrons. The number of aryl methyl sites for hydroxylation is 1. The first kappa shape index (κ1) is 26.8. The van der Waals surface area contributed by atoms with E-state index in [1.54, 1.807) is 43.5 Å². The fraction of sp³-hybridized carbons (Fsp3) is 0.250. The van der Waals surface area contributed by atoms with Gasteiger partial charge in [-0.25, -0.2) is 5.43 Å². The van der Waals surface area contributed by atoms with Gasteiger partial charge in [-0.3, -0.25) is 9.59 Å². The van der Waals surface area contributed by atoms with Crippen LogP contribution in [0.5, 0.6) is 11.5 Å². The summed E-state index contributed by atoms with van der Waals surface area (Å²) in [4.78, 5) is 25.3. The first-order chi connectivity index (χ1) is 17.3. The van der Waals surface area contributed by atoms with Crippen LogP contribution in [0.2, 0.25) is 5.02 Å². The smallest absolute Gasteiger partial charge is 0.262 e. The van der Waals surface area contributed by atoms with Crippen molar-refractivity contribution in [2.45, 2.75) is 33.4 Å². The minimum absolute atomic E-state index is 0.170. The molecule has 0 aromatic heterocycles. The third-order valence-electron chi connectivity index (χ3n) is 5.45. The number of nitrogens with one attached hydrogen (secondary N) is 2. The van der Waals surface area contributed by atoms with Gasteiger partial charge in [-0.2, -0.15) is 5.10 Å². The lowest BCUT2D eigenvalue weighted by atomic mass is 10.0. The molecule has 2 amide bonds. The summed E-state index contributed by atoms with van der Waals surface area (Å²) in [5.41, 5.74) is 5.75. The highest BCUT2D eigenvalue weighted by molar-refractivity contribution is 6.33. The summed E-state index contributed by atoms with van der Waals surface area (Å²) < 4.78 is 11.4. The molecule has 0 heterocycles. The normalized spacial score (nSPS) is 11.8. The Morgan fingerprint density at radius 2 is 1.75 bits per heavy atom. The summed E-state index contributed by atoms with van der Waals surface area (Å²) in [5, 5.41) is 7.10. The van der Waals surface area contributed by atoms with E-state index >= 15 is 0 Å². The Balaban J connectivity index is 1.61. The lowest BCUT2D eigenvalue weighted by molar-refractivity contribution is -0.123. The van der Waals surface area contributed by atoms with E-state index in [-0.39, 0.29) is 5.92 Å². The molecule has 0 saturated heterocycles. The van der Waals surface area contributed by atoms with Crippen LogP contribution in [0.4, 0.5) is 0 Å². The highest BCUT2D eigenvalue weighted by Crippen LogP contribution is 2.28. The molecule has 1 atom stereocenters. The maximum atomic E-state index is 12.7. The van der Waals surface area contributed by atoms with Gasteiger partial charge < -0.3 is 14.8 Å². The molecule has 0 saturated carbocycles. The average molecular weight is 508 g/mol. The Morgan fingerprint density at radius 3 is 2.42 bits per heavy atom. The Labute approximate surface area is 216 Å². The van der Waals surface area contributed by atoms with Crippen molar-refractivity contribution in [2.24, 2.45) is 11.0 Å². The van der Waals surface area contributed by atoms with Crippen LogP contribution in [-0.2, 0) is 11.4 Å². The number of hydrogen-bond acceptors (Lipinski definition) is 5. The van der Waals surface area contributed by atoms with Gasteiger partial charge in [-0.1, -0.05) is 67.4 Å². The van der Waals surface area contributed by atoms with Crippen molar-refractivity contribution in [3.63, 3.8) is 0 Å². The molecule has 3 aromatic rings. The van der Waals surface area contributed by atoms with Gasteiger partial charge in [0, 0.05) is 0 Å². The first-order valence-corrected chi connectivity index (χ1v) is 11.9. The number of hydrazone groups is 1. The lowest BCUT2D eigenvalue weighted by Crippen LogP contribution is -2.48. The van der Waals surface area contributed by atoms with Gasteiger partial charge in [-0.15, -0.1) is 0 Å². The fourth-order valence-electron chi connectivity index (χ4n) is 3.37. The van der Waals surface area contributed by atoms with E-state index in [0.29, 0.717) is 34.3 Å². The number of carbonyl (C=O) groups excluding carboxylic acids is 2. The van der Waals surface area contributed by atoms with Crippen LogP contribution in [0, 0.1) is 12.8 Å². The summed E-state index contributed by atoms with van der Waals surface area (Å²) in [6.07, 6.45) is 1.50. The molecule has 2 N–H and O–H groups in total. The molecule has 0 spiro atoms. The number of rotatable bonds is 10. The predicted octanol–water partition coefficient (Wildman–Crippen LogP) is 5.14. The van der Waals surface area contributed by atoms with Crippen LogP contribution in [0.15, 0.2) is 71.8 Å². The van der Waals surface area contributed by atoms with Crippen LogP contribution in [-0.4, -0.2) is 31.2 Å². The van der Waals surface area contributed by atoms with Gasteiger partial charge in [-0.05, 0) is 54.3 Å². The molecule has 1 unspecified atom stereocenters. The van der Waals surface area contributed by atoms with Gasteiger partial charge in [0.2, 0.25) is 0 Å². The lowest BCUT2D eigenvalue weighted by Gasteiger charge is -2.20. The number of amides is 2. The van der Waals surface area contributed by atoms with Crippen molar-refractivity contribution in [3.8, 4) is 11.5 Å². The van der Waals surface area contributed by atoms with Crippen molar-refractivity contribution in [3.05, 3.63) is 94.0 Å². The van der Waals surface area contributed by atoms with Crippen LogP contribution in [0.3, 0.4) is 0 Å². The zero-order chi connectivity index (χ0) is 26.1. The van der Waals surface area contributed by atoms with Crippen molar-refractivity contribution < 1.29 is 19.1 Å². The highest BCUT2D eigenvalue weighted by atomic mass is 35.5. The molecular weight excluding hydrogens is 478 g/mol. The van der Waals surface area contributed by atoms with Crippen molar-refractivity contribution in [1.82, 2.24) is 10.7 Å². The molecule has 188 valence electrons. The van der Waals surface area contributed by atoms with Crippen LogP contribution in [0.1, 0.15) is 40.9 Å². The average Bonchev–Trinajstić information content (AvgIpc) is 2.87. The zero-order valence-corrected chi connectivity index (χ0v) is 21.5. The van der Waals surface area contributed by atoms with E-state index in [1.807, 2.05) is 51.1 Å². The second kappa shape index (κ2) is 12.7. The number of methoxy groups -OCH3 is 1. The number of nitrogens with zero attached hydrogens (tertiary/aromatic N) is 1. The van der Waals surface area contributed by atoms with Crippen molar-refractivity contribution >= 4 is 29.6 Å². The Bertz CT molecular complexity index is 1230. The van der Waals surface area contributed by atoms with Crippen molar-refractivity contribution in [1.29, 1.82) is 0 Å². The number of ether oxygens (including phenoxy) is 2. The Kier molecular flexibility index (Phi) is 9.47. The molecular formula is C28H30ClN3O4. The third-order valence-corrected chi connectivity index (χ3v) is 5.77. The molecule has 3 rings (SSSR count). The van der Waals surface area contributed by atoms with E-state index in [1.165, 1.54) is 11.8 Å². The van der Waals surface area contributed by atoms with Gasteiger partial charge in [0.1, 0.15) is 12.6 Å². The third kappa shape index (κ3) is 7.33. The largest absolute Gasteiger partial charge is 0.493 e. The highest BCUT2D eigenvalue weighted by Gasteiger charge is 2.25. The molecule has 7 nitrogen and oxygen atoms in total. The van der Waals surface area contributed by atoms with E-state index in [0.717, 1.165) is 5.56 Å². The topological polar surface area (TPSA) is 89.0 Å². The number of hydrogen-bond donors (Lipinski definition) is 2. The zero-order valence-electron chi connectivity index (χ0n) is 20.7. The van der Waals surface area contributed by atoms with Gasteiger partial charge in [0.25, 0.3) is 11.8 Å². The van der Waals surface area contributed by atoms with E-state index in [9.17, 15) is 9.59 Å². The quantitative estimate of drug-likeness (QED) is 0.294. The minimum atomic E-state index is -0.794. The van der Waals surface area contributed by atoms with Crippen molar-refractivity contribution in [2.75, 3.05) is 7.11 Å². The molecule has 0 aliphatic rings. The standard InChI is InChI=1S/C28H30ClN3O4/c1-18(2)26(31-27(33)22-7-5-6-8-23(22)29)28(34)32-30-16-21-13-14-24(25(15-21)35-4)36-17-20-11-9-19(3)10-12-20/h5-16,18,26H,17H2,1-4H3,(H,31,33)(H,32,34)/b30-16-. The number of halogens is 1. The van der Waals surface area contributed by atoms with Crippen LogP contribution in [0.25, 0.3) is 0 Å². The van der Waals surface area contributed by atoms with Gasteiger partial charge in [0.15, 0.2) is 11.5 Å². The van der Waals surface area contributed by atoms with E-state index in [2.05, 4.69) is 15.8 Å². The summed E-state index contributed by atoms with van der Waals surface area (Å²) in [5.74, 6) is 0.110. The molecule has 36 heavy (non-hydrogen) atoms.